The average molecular weight is 358 g/mol. The number of nitrogens with zero attached hydrogens (tertiary/aromatic N) is 1. The summed E-state index contributed by atoms with van der Waals surface area (Å²) in [5, 5.41) is 9.86. The van der Waals surface area contributed by atoms with E-state index in [9.17, 15) is 9.90 Å². The first-order valence-corrected chi connectivity index (χ1v) is 8.33. The van der Waals surface area contributed by atoms with Crippen molar-refractivity contribution in [1.29, 1.82) is 0 Å². The Hall–Kier alpha value is -1.81. The Balaban J connectivity index is 1.89. The predicted octanol–water partition coefficient (Wildman–Crippen LogP) is 3.96. The van der Waals surface area contributed by atoms with Gasteiger partial charge in [0.2, 0.25) is 5.91 Å². The molecule has 2 atom stereocenters. The number of hydrogen-bond donors (Lipinski definition) is 1. The first-order valence-electron chi connectivity index (χ1n) is 7.54. The fourth-order valence-electron chi connectivity index (χ4n) is 3.74. The van der Waals surface area contributed by atoms with Crippen molar-refractivity contribution in [2.45, 2.75) is 24.8 Å². The molecule has 0 aliphatic carbocycles. The Bertz CT molecular complexity index is 741. The zero-order valence-electron chi connectivity index (χ0n) is 12.0. The number of hydrogen-bond acceptors (Lipinski definition) is 2. The van der Waals surface area contributed by atoms with Crippen LogP contribution in [0.3, 0.4) is 0 Å². The van der Waals surface area contributed by atoms with E-state index in [-0.39, 0.29) is 23.6 Å². The van der Waals surface area contributed by atoms with Crippen LogP contribution in [0.25, 0.3) is 0 Å². The van der Waals surface area contributed by atoms with Gasteiger partial charge in [0.25, 0.3) is 0 Å². The van der Waals surface area contributed by atoms with Crippen molar-refractivity contribution >= 4 is 21.8 Å². The smallest absolute Gasteiger partial charge is 0.235 e. The van der Waals surface area contributed by atoms with Gasteiger partial charge in [-0.25, -0.2) is 0 Å². The topological polar surface area (TPSA) is 40.5 Å². The van der Waals surface area contributed by atoms with E-state index >= 15 is 0 Å². The van der Waals surface area contributed by atoms with Crippen LogP contribution in [0.2, 0.25) is 0 Å². The van der Waals surface area contributed by atoms with Crippen molar-refractivity contribution in [2.24, 2.45) is 0 Å². The number of phenolic OH excluding ortho intramolecular Hbond substituents is 1. The molecule has 1 fully saturated rings. The summed E-state index contributed by atoms with van der Waals surface area (Å²) < 4.78 is 1.00. The summed E-state index contributed by atoms with van der Waals surface area (Å²) >= 11 is 3.44. The van der Waals surface area contributed by atoms with E-state index in [4.69, 9.17) is 0 Å². The molecule has 1 N–H and O–H groups in total. The van der Waals surface area contributed by atoms with Gasteiger partial charge in [-0.3, -0.25) is 4.79 Å². The van der Waals surface area contributed by atoms with Crippen LogP contribution in [0, 0.1) is 0 Å². The molecule has 2 aromatic rings. The molecule has 4 rings (SSSR count). The molecular formula is C18H16BrNO2. The van der Waals surface area contributed by atoms with E-state index in [1.807, 2.05) is 41.3 Å². The zero-order valence-corrected chi connectivity index (χ0v) is 13.6. The summed E-state index contributed by atoms with van der Waals surface area (Å²) in [6, 6.07) is 13.5. The third-order valence-corrected chi connectivity index (χ3v) is 5.26. The number of phenols is 1. The van der Waals surface area contributed by atoms with Crippen LogP contribution in [-0.4, -0.2) is 22.5 Å². The maximum atomic E-state index is 13.0. The Labute approximate surface area is 137 Å². The molecule has 0 saturated carbocycles. The summed E-state index contributed by atoms with van der Waals surface area (Å²) in [5.74, 6) is 0.190. The molecule has 2 unspecified atom stereocenters. The molecule has 0 aromatic heterocycles. The van der Waals surface area contributed by atoms with E-state index in [0.717, 1.165) is 40.5 Å². The van der Waals surface area contributed by atoms with Crippen molar-refractivity contribution in [1.82, 2.24) is 4.90 Å². The van der Waals surface area contributed by atoms with Crippen LogP contribution >= 0.6 is 15.9 Å². The first kappa shape index (κ1) is 13.8. The first-order chi connectivity index (χ1) is 10.6. The van der Waals surface area contributed by atoms with Gasteiger partial charge in [0.15, 0.2) is 0 Å². The minimum atomic E-state index is -0.266. The van der Waals surface area contributed by atoms with Crippen LogP contribution in [-0.2, 0) is 4.79 Å². The van der Waals surface area contributed by atoms with Gasteiger partial charge in [-0.05, 0) is 53.8 Å². The second-order valence-electron chi connectivity index (χ2n) is 5.99. The van der Waals surface area contributed by atoms with Gasteiger partial charge in [0.05, 0.1) is 12.0 Å². The van der Waals surface area contributed by atoms with E-state index in [1.54, 1.807) is 6.07 Å². The van der Waals surface area contributed by atoms with E-state index < -0.39 is 0 Å². The predicted molar refractivity (Wildman–Crippen MR) is 87.8 cm³/mol. The molecule has 22 heavy (non-hydrogen) atoms. The van der Waals surface area contributed by atoms with Crippen LogP contribution in [0.4, 0.5) is 0 Å². The van der Waals surface area contributed by atoms with Gasteiger partial charge in [0.1, 0.15) is 5.75 Å². The van der Waals surface area contributed by atoms with Crippen molar-refractivity contribution in [3.63, 3.8) is 0 Å². The number of fused-ring (bicyclic) bond motifs is 3. The molecule has 0 bridgehead atoms. The zero-order chi connectivity index (χ0) is 15.3. The van der Waals surface area contributed by atoms with E-state index in [1.165, 1.54) is 0 Å². The Kier molecular flexibility index (Phi) is 3.22. The molecular weight excluding hydrogens is 342 g/mol. The maximum absolute atomic E-state index is 13.0. The van der Waals surface area contributed by atoms with Crippen LogP contribution < -0.4 is 0 Å². The van der Waals surface area contributed by atoms with Crippen molar-refractivity contribution in [3.05, 3.63) is 63.6 Å². The molecule has 0 spiro atoms. The SMILES string of the molecule is O=C1C(c2ccc(Br)cc2)c2ccc(O)cc2C2CCCN12. The molecule has 1 saturated heterocycles. The number of halogens is 1. The van der Waals surface area contributed by atoms with Crippen LogP contribution in [0.1, 0.15) is 41.5 Å². The summed E-state index contributed by atoms with van der Waals surface area (Å²) in [7, 11) is 0. The summed E-state index contributed by atoms with van der Waals surface area (Å²) in [4.78, 5) is 15.0. The minimum Gasteiger partial charge on any atom is -0.508 e. The van der Waals surface area contributed by atoms with Gasteiger partial charge < -0.3 is 10.0 Å². The molecule has 1 amide bonds. The molecule has 3 nitrogen and oxygen atoms in total. The fourth-order valence-corrected chi connectivity index (χ4v) is 4.01. The number of amides is 1. The fraction of sp³-hybridized carbons (Fsp3) is 0.278. The van der Waals surface area contributed by atoms with Crippen LogP contribution in [0.15, 0.2) is 46.9 Å². The number of carbonyl (C=O) groups excluding carboxylic acids is 1. The molecule has 2 heterocycles. The lowest BCUT2D eigenvalue weighted by molar-refractivity contribution is -0.133. The third kappa shape index (κ3) is 2.05. The number of aromatic hydroxyl groups is 1. The second-order valence-corrected chi connectivity index (χ2v) is 6.90. The number of rotatable bonds is 1. The normalized spacial score (nSPS) is 23.3. The molecule has 2 aliphatic rings. The Morgan fingerprint density at radius 3 is 2.64 bits per heavy atom. The lowest BCUT2D eigenvalue weighted by Gasteiger charge is -2.37. The standard InChI is InChI=1S/C18H16BrNO2/c19-12-5-3-11(4-6-12)17-14-8-7-13(21)10-15(14)16-2-1-9-20(16)18(17)22/h3-8,10,16-17,21H,1-2,9H2. The summed E-state index contributed by atoms with van der Waals surface area (Å²) in [6.07, 6.45) is 2.01. The Morgan fingerprint density at radius 1 is 1.09 bits per heavy atom. The van der Waals surface area contributed by atoms with Crippen LogP contribution in [0.5, 0.6) is 5.75 Å². The van der Waals surface area contributed by atoms with Crippen molar-refractivity contribution < 1.29 is 9.90 Å². The summed E-state index contributed by atoms with van der Waals surface area (Å²) in [5.41, 5.74) is 3.14. The number of benzene rings is 2. The molecule has 0 radical (unpaired) electrons. The maximum Gasteiger partial charge on any atom is 0.235 e. The van der Waals surface area contributed by atoms with Crippen molar-refractivity contribution in [3.8, 4) is 5.75 Å². The lowest BCUT2D eigenvalue weighted by atomic mass is 9.81. The van der Waals surface area contributed by atoms with Gasteiger partial charge in [0, 0.05) is 11.0 Å². The Morgan fingerprint density at radius 2 is 1.86 bits per heavy atom. The molecule has 112 valence electrons. The van der Waals surface area contributed by atoms with Gasteiger partial charge >= 0.3 is 0 Å². The highest BCUT2D eigenvalue weighted by molar-refractivity contribution is 9.10. The minimum absolute atomic E-state index is 0.126. The highest BCUT2D eigenvalue weighted by atomic mass is 79.9. The highest BCUT2D eigenvalue weighted by Gasteiger charge is 2.42. The van der Waals surface area contributed by atoms with Gasteiger partial charge in [-0.1, -0.05) is 34.1 Å². The largest absolute Gasteiger partial charge is 0.508 e. The van der Waals surface area contributed by atoms with Gasteiger partial charge in [-0.15, -0.1) is 0 Å². The second kappa shape index (κ2) is 5.13. The lowest BCUT2D eigenvalue weighted by Crippen LogP contribution is -2.40. The van der Waals surface area contributed by atoms with E-state index in [0.29, 0.717) is 0 Å². The molecule has 2 aliphatic heterocycles. The monoisotopic (exact) mass is 357 g/mol. The number of carbonyl (C=O) groups is 1. The highest BCUT2D eigenvalue weighted by Crippen LogP contribution is 2.45. The quantitative estimate of drug-likeness (QED) is 0.838. The third-order valence-electron chi connectivity index (χ3n) is 4.73. The van der Waals surface area contributed by atoms with Gasteiger partial charge in [-0.2, -0.15) is 0 Å². The molecule has 4 heteroatoms. The average Bonchev–Trinajstić information content (AvgIpc) is 3.00. The van der Waals surface area contributed by atoms with Crippen molar-refractivity contribution in [2.75, 3.05) is 6.54 Å². The molecule has 2 aromatic carbocycles. The summed E-state index contributed by atoms with van der Waals surface area (Å²) in [6.45, 7) is 0.811. The van der Waals surface area contributed by atoms with E-state index in [2.05, 4.69) is 15.9 Å².